The summed E-state index contributed by atoms with van der Waals surface area (Å²) in [5.41, 5.74) is 1.38. The van der Waals surface area contributed by atoms with Crippen molar-refractivity contribution in [3.63, 3.8) is 0 Å². The molecular formula is C12H12OS. The van der Waals surface area contributed by atoms with Crippen LogP contribution in [0.4, 0.5) is 0 Å². The number of fused-ring (bicyclic) bond motifs is 1. The zero-order valence-electron chi connectivity index (χ0n) is 8.28. The van der Waals surface area contributed by atoms with Crippen molar-refractivity contribution in [2.24, 2.45) is 0 Å². The summed E-state index contributed by atoms with van der Waals surface area (Å²) in [7, 11) is 0. The summed E-state index contributed by atoms with van der Waals surface area (Å²) < 4.78 is 0.874. The molecule has 0 atom stereocenters. The van der Waals surface area contributed by atoms with Crippen molar-refractivity contribution in [3.05, 3.63) is 45.4 Å². The van der Waals surface area contributed by atoms with Crippen LogP contribution in [0.5, 0.6) is 0 Å². The summed E-state index contributed by atoms with van der Waals surface area (Å²) in [6, 6.07) is 7.58. The highest BCUT2D eigenvalue weighted by Gasteiger charge is 2.06. The molecule has 0 unspecified atom stereocenters. The van der Waals surface area contributed by atoms with E-state index in [1.165, 1.54) is 16.9 Å². The molecule has 2 aromatic rings. The smallest absolute Gasteiger partial charge is 0.196 e. The van der Waals surface area contributed by atoms with Crippen LogP contribution in [-0.2, 0) is 0 Å². The molecule has 0 N–H and O–H groups in total. The largest absolute Gasteiger partial charge is 0.288 e. The number of thiophene rings is 1. The minimum absolute atomic E-state index is 0.127. The highest BCUT2D eigenvalue weighted by molar-refractivity contribution is 7.17. The quantitative estimate of drug-likeness (QED) is 0.696. The van der Waals surface area contributed by atoms with Crippen LogP contribution in [0.3, 0.4) is 0 Å². The highest BCUT2D eigenvalue weighted by Crippen LogP contribution is 2.25. The number of rotatable bonds is 1. The third-order valence-electron chi connectivity index (χ3n) is 2.35. The second-order valence-corrected chi connectivity index (χ2v) is 4.58. The van der Waals surface area contributed by atoms with Crippen molar-refractivity contribution in [1.82, 2.24) is 0 Å². The Morgan fingerprint density at radius 3 is 2.71 bits per heavy atom. The lowest BCUT2D eigenvalue weighted by Crippen LogP contribution is -1.91. The summed E-state index contributed by atoms with van der Waals surface area (Å²) >= 11 is 1.53. The Balaban J connectivity index is 2.94. The second-order valence-electron chi connectivity index (χ2n) is 3.66. The SMILES string of the molecule is CC(C)c1cccc(=O)c2sccc12. The molecule has 2 heteroatoms. The lowest BCUT2D eigenvalue weighted by atomic mass is 10.0. The van der Waals surface area contributed by atoms with E-state index in [4.69, 9.17) is 0 Å². The van der Waals surface area contributed by atoms with Crippen molar-refractivity contribution in [2.45, 2.75) is 19.8 Å². The average molecular weight is 204 g/mol. The van der Waals surface area contributed by atoms with Crippen LogP contribution >= 0.6 is 11.3 Å². The summed E-state index contributed by atoms with van der Waals surface area (Å²) in [5.74, 6) is 0.457. The molecule has 1 aromatic carbocycles. The Bertz CT molecular complexity index is 511. The third-order valence-corrected chi connectivity index (χ3v) is 3.27. The molecule has 1 nitrogen and oxygen atoms in total. The molecule has 1 aromatic heterocycles. The van der Waals surface area contributed by atoms with Crippen molar-refractivity contribution < 1.29 is 0 Å². The van der Waals surface area contributed by atoms with Gasteiger partial charge in [0.15, 0.2) is 5.43 Å². The van der Waals surface area contributed by atoms with Gasteiger partial charge in [-0.3, -0.25) is 4.79 Å². The minimum atomic E-state index is 0.127. The van der Waals surface area contributed by atoms with Gasteiger partial charge >= 0.3 is 0 Å². The van der Waals surface area contributed by atoms with Crippen molar-refractivity contribution in [2.75, 3.05) is 0 Å². The Morgan fingerprint density at radius 2 is 2.00 bits per heavy atom. The maximum Gasteiger partial charge on any atom is 0.196 e. The topological polar surface area (TPSA) is 17.1 Å². The minimum Gasteiger partial charge on any atom is -0.288 e. The molecule has 0 spiro atoms. The van der Waals surface area contributed by atoms with Gasteiger partial charge in [-0.25, -0.2) is 0 Å². The van der Waals surface area contributed by atoms with Crippen LogP contribution in [0.15, 0.2) is 34.4 Å². The zero-order chi connectivity index (χ0) is 10.1. The van der Waals surface area contributed by atoms with E-state index in [0.29, 0.717) is 5.92 Å². The van der Waals surface area contributed by atoms with Crippen LogP contribution in [-0.4, -0.2) is 0 Å². The molecule has 0 aliphatic heterocycles. The Morgan fingerprint density at radius 1 is 1.21 bits per heavy atom. The monoisotopic (exact) mass is 204 g/mol. The molecule has 0 aliphatic carbocycles. The van der Waals surface area contributed by atoms with E-state index in [1.807, 2.05) is 23.6 Å². The first-order chi connectivity index (χ1) is 6.70. The van der Waals surface area contributed by atoms with Gasteiger partial charge in [-0.05, 0) is 34.4 Å². The van der Waals surface area contributed by atoms with E-state index in [-0.39, 0.29) is 5.43 Å². The second kappa shape index (κ2) is 3.54. The summed E-state index contributed by atoms with van der Waals surface area (Å²) in [6.45, 7) is 4.30. The first-order valence-electron chi connectivity index (χ1n) is 4.70. The maximum absolute atomic E-state index is 11.6. The summed E-state index contributed by atoms with van der Waals surface area (Å²) in [6.07, 6.45) is 0. The first kappa shape index (κ1) is 9.41. The van der Waals surface area contributed by atoms with Crippen molar-refractivity contribution in [3.8, 4) is 0 Å². The zero-order valence-corrected chi connectivity index (χ0v) is 9.10. The molecule has 0 radical (unpaired) electrons. The lowest BCUT2D eigenvalue weighted by molar-refractivity contribution is 0.877. The fourth-order valence-corrected chi connectivity index (χ4v) is 2.47. The van der Waals surface area contributed by atoms with Crippen LogP contribution in [0.25, 0.3) is 10.1 Å². The molecule has 0 aliphatic rings. The fourth-order valence-electron chi connectivity index (χ4n) is 1.64. The Kier molecular flexibility index (Phi) is 2.38. The third kappa shape index (κ3) is 1.46. The van der Waals surface area contributed by atoms with Gasteiger partial charge in [0.25, 0.3) is 0 Å². The molecule has 2 rings (SSSR count). The average Bonchev–Trinajstić information content (AvgIpc) is 2.54. The van der Waals surface area contributed by atoms with Gasteiger partial charge in [0.05, 0.1) is 4.70 Å². The summed E-state index contributed by atoms with van der Waals surface area (Å²) in [4.78, 5) is 11.6. The van der Waals surface area contributed by atoms with E-state index in [0.717, 1.165) is 10.1 Å². The Labute approximate surface area is 87.0 Å². The van der Waals surface area contributed by atoms with Gasteiger partial charge in [-0.2, -0.15) is 0 Å². The van der Waals surface area contributed by atoms with Crippen LogP contribution in [0, 0.1) is 0 Å². The lowest BCUT2D eigenvalue weighted by Gasteiger charge is -2.02. The molecule has 0 fully saturated rings. The van der Waals surface area contributed by atoms with Gasteiger partial charge in [-0.1, -0.05) is 26.0 Å². The van der Waals surface area contributed by atoms with Crippen LogP contribution < -0.4 is 5.43 Å². The van der Waals surface area contributed by atoms with Gasteiger partial charge in [0.2, 0.25) is 0 Å². The van der Waals surface area contributed by atoms with E-state index >= 15 is 0 Å². The normalized spacial score (nSPS) is 11.1. The maximum atomic E-state index is 11.6. The number of hydrogen-bond donors (Lipinski definition) is 0. The predicted molar refractivity (Wildman–Crippen MR) is 62.2 cm³/mol. The standard InChI is InChI=1S/C12H12OS/c1-8(2)9-4-3-5-11(13)12-10(9)6-7-14-12/h3-8H,1-2H3. The molecule has 0 saturated carbocycles. The Hall–Kier alpha value is -1.15. The van der Waals surface area contributed by atoms with E-state index < -0.39 is 0 Å². The molecule has 72 valence electrons. The molecule has 1 heterocycles. The van der Waals surface area contributed by atoms with E-state index in [1.54, 1.807) is 6.07 Å². The highest BCUT2D eigenvalue weighted by atomic mass is 32.1. The molecule has 0 bridgehead atoms. The van der Waals surface area contributed by atoms with Gasteiger partial charge in [-0.15, -0.1) is 11.3 Å². The van der Waals surface area contributed by atoms with Gasteiger partial charge in [0.1, 0.15) is 0 Å². The molecule has 14 heavy (non-hydrogen) atoms. The predicted octanol–water partition coefficient (Wildman–Crippen LogP) is 3.38. The van der Waals surface area contributed by atoms with Gasteiger partial charge < -0.3 is 0 Å². The van der Waals surface area contributed by atoms with Crippen LogP contribution in [0.2, 0.25) is 0 Å². The molecule has 0 saturated heterocycles. The number of hydrogen-bond acceptors (Lipinski definition) is 2. The van der Waals surface area contributed by atoms with Crippen molar-refractivity contribution >= 4 is 21.4 Å². The van der Waals surface area contributed by atoms with E-state index in [2.05, 4.69) is 13.8 Å². The van der Waals surface area contributed by atoms with Crippen molar-refractivity contribution in [1.29, 1.82) is 0 Å². The van der Waals surface area contributed by atoms with E-state index in [9.17, 15) is 4.79 Å². The van der Waals surface area contributed by atoms with Gasteiger partial charge in [0, 0.05) is 0 Å². The fraction of sp³-hybridized carbons (Fsp3) is 0.250. The molecule has 0 amide bonds. The first-order valence-corrected chi connectivity index (χ1v) is 5.58. The molecular weight excluding hydrogens is 192 g/mol. The summed E-state index contributed by atoms with van der Waals surface area (Å²) in [5, 5.41) is 3.10. The van der Waals surface area contributed by atoms with Crippen LogP contribution in [0.1, 0.15) is 25.3 Å².